The molecule has 0 atom stereocenters. The molecule has 70 valence electrons. The minimum Gasteiger partial charge on any atom is -0.477 e. The van der Waals surface area contributed by atoms with E-state index in [4.69, 9.17) is 10.5 Å². The van der Waals surface area contributed by atoms with Crippen molar-refractivity contribution >= 4 is 12.1 Å². The fraction of sp³-hybridized carbons (Fsp3) is 0.375. The van der Waals surface area contributed by atoms with Gasteiger partial charge in [-0.05, 0) is 13.8 Å². The molecule has 1 rings (SSSR count). The average Bonchev–Trinajstić information content (AvgIpc) is 2.04. The zero-order valence-electron chi connectivity index (χ0n) is 7.57. The largest absolute Gasteiger partial charge is 0.477 e. The van der Waals surface area contributed by atoms with Crippen LogP contribution in [0.25, 0.3) is 0 Å². The lowest BCUT2D eigenvalue weighted by Crippen LogP contribution is -2.06. The number of aromatic nitrogens is 2. The van der Waals surface area contributed by atoms with E-state index in [9.17, 15) is 4.79 Å². The van der Waals surface area contributed by atoms with Crippen LogP contribution in [0.4, 0.5) is 5.82 Å². The molecule has 0 saturated heterocycles. The first-order chi connectivity index (χ1) is 6.19. The zero-order chi connectivity index (χ0) is 9.84. The number of hydrogen-bond acceptors (Lipinski definition) is 5. The third-order valence-electron chi connectivity index (χ3n) is 1.45. The van der Waals surface area contributed by atoms with Gasteiger partial charge in [-0.1, -0.05) is 0 Å². The van der Waals surface area contributed by atoms with Crippen LogP contribution in [-0.2, 0) is 0 Å². The summed E-state index contributed by atoms with van der Waals surface area (Å²) in [5.41, 5.74) is 5.72. The average molecular weight is 181 g/mol. The van der Waals surface area contributed by atoms with Gasteiger partial charge in [-0.15, -0.1) is 0 Å². The van der Waals surface area contributed by atoms with Gasteiger partial charge in [-0.25, -0.2) is 4.98 Å². The van der Waals surface area contributed by atoms with Crippen LogP contribution < -0.4 is 10.5 Å². The molecule has 1 aromatic heterocycles. The molecule has 0 saturated carbocycles. The van der Waals surface area contributed by atoms with Gasteiger partial charge in [0.1, 0.15) is 17.2 Å². The van der Waals surface area contributed by atoms with Crippen molar-refractivity contribution in [2.24, 2.45) is 0 Å². The first kappa shape index (κ1) is 9.44. The van der Waals surface area contributed by atoms with Gasteiger partial charge in [-0.2, -0.15) is 4.98 Å². The number of aryl methyl sites for hydroxylation is 1. The third-order valence-corrected chi connectivity index (χ3v) is 1.45. The number of nitrogen functional groups attached to an aromatic ring is 1. The number of anilines is 1. The molecule has 5 nitrogen and oxygen atoms in total. The normalized spacial score (nSPS) is 9.69. The maximum atomic E-state index is 10.6. The Labute approximate surface area is 75.9 Å². The minimum atomic E-state index is 0.158. The van der Waals surface area contributed by atoms with Gasteiger partial charge in [0.25, 0.3) is 0 Å². The van der Waals surface area contributed by atoms with Gasteiger partial charge in [-0.3, -0.25) is 4.79 Å². The Morgan fingerprint density at radius 1 is 1.54 bits per heavy atom. The van der Waals surface area contributed by atoms with E-state index < -0.39 is 0 Å². The molecule has 0 bridgehead atoms. The Bertz CT molecular complexity index is 325. The molecular formula is C8H11N3O2. The Morgan fingerprint density at radius 3 is 2.77 bits per heavy atom. The molecule has 0 fully saturated rings. The summed E-state index contributed by atoms with van der Waals surface area (Å²) in [5, 5.41) is 0. The number of nitrogens with zero attached hydrogens (tertiary/aromatic N) is 2. The van der Waals surface area contributed by atoms with Crippen LogP contribution in [0.1, 0.15) is 23.1 Å². The van der Waals surface area contributed by atoms with E-state index in [0.717, 1.165) is 0 Å². The number of hydrogen-bond donors (Lipinski definition) is 1. The second kappa shape index (κ2) is 3.84. The highest BCUT2D eigenvalue weighted by atomic mass is 16.5. The van der Waals surface area contributed by atoms with Gasteiger partial charge in [0.15, 0.2) is 6.29 Å². The highest BCUT2D eigenvalue weighted by Crippen LogP contribution is 2.18. The third kappa shape index (κ3) is 1.93. The first-order valence-corrected chi connectivity index (χ1v) is 3.91. The van der Waals surface area contributed by atoms with E-state index in [1.54, 1.807) is 6.92 Å². The van der Waals surface area contributed by atoms with Crippen molar-refractivity contribution in [3.05, 3.63) is 11.4 Å². The molecule has 0 aliphatic heterocycles. The zero-order valence-corrected chi connectivity index (χ0v) is 7.57. The van der Waals surface area contributed by atoms with Gasteiger partial charge in [0.2, 0.25) is 5.88 Å². The standard InChI is InChI=1S/C8H11N3O2/c1-3-13-8-6(4-12)7(9)10-5(2)11-8/h4H,3H2,1-2H3,(H2,9,10,11). The number of carbonyl (C=O) groups excluding carboxylic acids is 1. The Kier molecular flexibility index (Phi) is 2.79. The van der Waals surface area contributed by atoms with Crippen molar-refractivity contribution in [2.75, 3.05) is 12.3 Å². The highest BCUT2D eigenvalue weighted by molar-refractivity contribution is 5.84. The molecule has 2 N–H and O–H groups in total. The van der Waals surface area contributed by atoms with E-state index in [0.29, 0.717) is 18.7 Å². The summed E-state index contributed by atoms with van der Waals surface area (Å²) in [6.45, 7) is 3.94. The highest BCUT2D eigenvalue weighted by Gasteiger charge is 2.10. The van der Waals surface area contributed by atoms with E-state index in [2.05, 4.69) is 9.97 Å². The molecule has 5 heteroatoms. The summed E-state index contributed by atoms with van der Waals surface area (Å²) in [4.78, 5) is 18.4. The summed E-state index contributed by atoms with van der Waals surface area (Å²) >= 11 is 0. The van der Waals surface area contributed by atoms with Crippen molar-refractivity contribution in [1.29, 1.82) is 0 Å². The van der Waals surface area contributed by atoms with E-state index in [1.165, 1.54) is 0 Å². The second-order valence-corrected chi connectivity index (χ2v) is 2.43. The summed E-state index contributed by atoms with van der Waals surface area (Å²) in [5.74, 6) is 0.903. The monoisotopic (exact) mass is 181 g/mol. The molecule has 0 spiro atoms. The number of aldehydes is 1. The fourth-order valence-electron chi connectivity index (χ4n) is 0.934. The molecule has 0 aliphatic rings. The SMILES string of the molecule is CCOc1nc(C)nc(N)c1C=O. The first-order valence-electron chi connectivity index (χ1n) is 3.91. The Morgan fingerprint density at radius 2 is 2.23 bits per heavy atom. The van der Waals surface area contributed by atoms with Gasteiger partial charge in [0, 0.05) is 0 Å². The lowest BCUT2D eigenvalue weighted by Gasteiger charge is -2.06. The topological polar surface area (TPSA) is 78.1 Å². The Hall–Kier alpha value is -1.65. The van der Waals surface area contributed by atoms with Crippen LogP contribution in [0.15, 0.2) is 0 Å². The van der Waals surface area contributed by atoms with Crippen molar-refractivity contribution in [3.8, 4) is 5.88 Å². The summed E-state index contributed by atoms with van der Waals surface area (Å²) in [7, 11) is 0. The van der Waals surface area contributed by atoms with Crippen molar-refractivity contribution in [3.63, 3.8) is 0 Å². The molecule has 0 amide bonds. The number of carbonyl (C=O) groups is 1. The minimum absolute atomic E-state index is 0.158. The fourth-order valence-corrected chi connectivity index (χ4v) is 0.934. The lowest BCUT2D eigenvalue weighted by atomic mass is 10.3. The predicted octanol–water partition coefficient (Wildman–Crippen LogP) is 0.578. The van der Waals surface area contributed by atoms with E-state index in [-0.39, 0.29) is 17.3 Å². The maximum Gasteiger partial charge on any atom is 0.229 e. The summed E-state index contributed by atoms with van der Waals surface area (Å²) < 4.78 is 5.13. The van der Waals surface area contributed by atoms with Crippen molar-refractivity contribution in [2.45, 2.75) is 13.8 Å². The molecule has 0 radical (unpaired) electrons. The van der Waals surface area contributed by atoms with Crippen LogP contribution >= 0.6 is 0 Å². The molecular weight excluding hydrogens is 170 g/mol. The summed E-state index contributed by atoms with van der Waals surface area (Å²) in [6.07, 6.45) is 0.597. The molecule has 1 aromatic rings. The van der Waals surface area contributed by atoms with Crippen LogP contribution in [-0.4, -0.2) is 22.9 Å². The molecule has 1 heterocycles. The molecule has 0 unspecified atom stereocenters. The smallest absolute Gasteiger partial charge is 0.229 e. The van der Waals surface area contributed by atoms with Crippen molar-refractivity contribution < 1.29 is 9.53 Å². The lowest BCUT2D eigenvalue weighted by molar-refractivity contribution is 0.111. The molecule has 0 aliphatic carbocycles. The van der Waals surface area contributed by atoms with E-state index in [1.807, 2.05) is 6.92 Å². The van der Waals surface area contributed by atoms with Crippen molar-refractivity contribution in [1.82, 2.24) is 9.97 Å². The van der Waals surface area contributed by atoms with Crippen LogP contribution in [0.5, 0.6) is 5.88 Å². The second-order valence-electron chi connectivity index (χ2n) is 2.43. The summed E-state index contributed by atoms with van der Waals surface area (Å²) in [6, 6.07) is 0. The molecule has 0 aromatic carbocycles. The maximum absolute atomic E-state index is 10.6. The van der Waals surface area contributed by atoms with Gasteiger partial charge in [0.05, 0.1) is 6.61 Å². The van der Waals surface area contributed by atoms with Gasteiger partial charge < -0.3 is 10.5 Å². The van der Waals surface area contributed by atoms with E-state index >= 15 is 0 Å². The van der Waals surface area contributed by atoms with Crippen LogP contribution in [0.3, 0.4) is 0 Å². The number of nitrogens with two attached hydrogens (primary N) is 1. The Balaban J connectivity index is 3.20. The quantitative estimate of drug-likeness (QED) is 0.690. The molecule has 13 heavy (non-hydrogen) atoms. The number of rotatable bonds is 3. The van der Waals surface area contributed by atoms with Gasteiger partial charge >= 0.3 is 0 Å². The van der Waals surface area contributed by atoms with Crippen LogP contribution in [0.2, 0.25) is 0 Å². The van der Waals surface area contributed by atoms with Crippen LogP contribution in [0, 0.1) is 6.92 Å². The predicted molar refractivity (Wildman–Crippen MR) is 47.7 cm³/mol. The number of ether oxygens (including phenoxy) is 1.